The second kappa shape index (κ2) is 9.94. The molecule has 35 heavy (non-hydrogen) atoms. The Morgan fingerprint density at radius 2 is 1.69 bits per heavy atom. The molecule has 3 aromatic carbocycles. The summed E-state index contributed by atoms with van der Waals surface area (Å²) in [7, 11) is 1.26. The lowest BCUT2D eigenvalue weighted by molar-refractivity contribution is -0.132. The van der Waals surface area contributed by atoms with Gasteiger partial charge in [-0.15, -0.1) is 0 Å². The molecular formula is C27H21Cl2NO5. The van der Waals surface area contributed by atoms with E-state index in [2.05, 4.69) is 0 Å². The highest BCUT2D eigenvalue weighted by atomic mass is 35.5. The molecule has 1 amide bonds. The Morgan fingerprint density at radius 1 is 0.971 bits per heavy atom. The Bertz CT molecular complexity index is 1360. The summed E-state index contributed by atoms with van der Waals surface area (Å²) in [4.78, 5) is 40.0. The van der Waals surface area contributed by atoms with Crippen molar-refractivity contribution in [2.75, 3.05) is 12.0 Å². The molecule has 1 atom stereocenters. The van der Waals surface area contributed by atoms with Gasteiger partial charge in [0.25, 0.3) is 11.7 Å². The summed E-state index contributed by atoms with van der Waals surface area (Å²) in [6, 6.07) is 17.2. The predicted octanol–water partition coefficient (Wildman–Crippen LogP) is 5.97. The summed E-state index contributed by atoms with van der Waals surface area (Å²) in [5.74, 6) is -2.65. The van der Waals surface area contributed by atoms with Gasteiger partial charge in [0.1, 0.15) is 5.76 Å². The van der Waals surface area contributed by atoms with Crippen molar-refractivity contribution >= 4 is 52.3 Å². The van der Waals surface area contributed by atoms with Crippen LogP contribution >= 0.6 is 23.2 Å². The van der Waals surface area contributed by atoms with Crippen molar-refractivity contribution in [2.24, 2.45) is 0 Å². The molecule has 0 spiro atoms. The second-order valence-electron chi connectivity index (χ2n) is 7.94. The van der Waals surface area contributed by atoms with Gasteiger partial charge in [-0.05, 0) is 53.9 Å². The number of amides is 1. The van der Waals surface area contributed by atoms with Gasteiger partial charge in [0.05, 0.1) is 34.3 Å². The molecule has 1 fully saturated rings. The van der Waals surface area contributed by atoms with Crippen LogP contribution < -0.4 is 4.90 Å². The zero-order valence-electron chi connectivity index (χ0n) is 18.9. The fourth-order valence-corrected chi connectivity index (χ4v) is 4.35. The van der Waals surface area contributed by atoms with Gasteiger partial charge in [-0.3, -0.25) is 14.5 Å². The van der Waals surface area contributed by atoms with Gasteiger partial charge in [0.2, 0.25) is 0 Å². The number of ketones is 1. The first-order chi connectivity index (χ1) is 16.8. The minimum absolute atomic E-state index is 0.0962. The lowest BCUT2D eigenvalue weighted by atomic mass is 9.94. The van der Waals surface area contributed by atoms with Crippen LogP contribution in [0.2, 0.25) is 10.0 Å². The van der Waals surface area contributed by atoms with Crippen molar-refractivity contribution in [1.82, 2.24) is 0 Å². The molecule has 4 rings (SSSR count). The number of methoxy groups -OCH3 is 1. The monoisotopic (exact) mass is 509 g/mol. The Balaban J connectivity index is 1.94. The van der Waals surface area contributed by atoms with E-state index in [0.717, 1.165) is 12.0 Å². The Kier molecular flexibility index (Phi) is 6.96. The SMILES string of the molecule is CCc1ccc(C2/C(=C(\O)c3ccc(Cl)c(Cl)c3)C(=O)C(=O)N2c2cccc(C(=O)OC)c2)cc1. The molecule has 0 radical (unpaired) electrons. The van der Waals surface area contributed by atoms with Crippen LogP contribution in [-0.4, -0.2) is 29.9 Å². The minimum atomic E-state index is -0.941. The zero-order valence-corrected chi connectivity index (χ0v) is 20.4. The number of anilines is 1. The number of aliphatic hydroxyl groups excluding tert-OH is 1. The molecule has 6 nitrogen and oxygen atoms in total. The van der Waals surface area contributed by atoms with Gasteiger partial charge < -0.3 is 9.84 Å². The molecule has 0 aromatic heterocycles. The Hall–Kier alpha value is -3.61. The number of hydrogen-bond acceptors (Lipinski definition) is 5. The molecule has 0 bridgehead atoms. The van der Waals surface area contributed by atoms with E-state index in [-0.39, 0.29) is 32.5 Å². The number of Topliss-reactive ketones (excluding diaryl/α,β-unsaturated/α-hetero) is 1. The highest BCUT2D eigenvalue weighted by molar-refractivity contribution is 6.52. The number of halogens is 2. The first-order valence-electron chi connectivity index (χ1n) is 10.8. The second-order valence-corrected chi connectivity index (χ2v) is 8.75. The molecule has 1 heterocycles. The Morgan fingerprint density at radius 3 is 2.31 bits per heavy atom. The number of aryl methyl sites for hydroxylation is 1. The molecule has 1 saturated heterocycles. The zero-order chi connectivity index (χ0) is 25.3. The molecule has 1 unspecified atom stereocenters. The van der Waals surface area contributed by atoms with Gasteiger partial charge in [-0.25, -0.2) is 4.79 Å². The number of carbonyl (C=O) groups is 3. The highest BCUT2D eigenvalue weighted by Crippen LogP contribution is 2.42. The third-order valence-corrected chi connectivity index (χ3v) is 6.63. The molecule has 8 heteroatoms. The first-order valence-corrected chi connectivity index (χ1v) is 11.6. The number of hydrogen-bond donors (Lipinski definition) is 1. The number of benzene rings is 3. The predicted molar refractivity (Wildman–Crippen MR) is 135 cm³/mol. The van der Waals surface area contributed by atoms with E-state index in [1.807, 2.05) is 31.2 Å². The van der Waals surface area contributed by atoms with Crippen molar-refractivity contribution in [2.45, 2.75) is 19.4 Å². The molecule has 178 valence electrons. The number of ether oxygens (including phenoxy) is 1. The molecule has 3 aromatic rings. The normalized spacial score (nSPS) is 17.0. The third kappa shape index (κ3) is 4.55. The van der Waals surface area contributed by atoms with E-state index >= 15 is 0 Å². The summed E-state index contributed by atoms with van der Waals surface area (Å²) in [6.07, 6.45) is 0.810. The van der Waals surface area contributed by atoms with E-state index in [1.165, 1.54) is 36.3 Å². The number of nitrogens with zero attached hydrogens (tertiary/aromatic N) is 1. The van der Waals surface area contributed by atoms with E-state index in [0.29, 0.717) is 11.3 Å². The lowest BCUT2D eigenvalue weighted by Gasteiger charge is -2.26. The molecular weight excluding hydrogens is 489 g/mol. The van der Waals surface area contributed by atoms with Crippen molar-refractivity contribution in [3.63, 3.8) is 0 Å². The summed E-state index contributed by atoms with van der Waals surface area (Å²) in [5.41, 5.74) is 2.37. The average Bonchev–Trinajstić information content (AvgIpc) is 3.15. The number of carbonyl (C=O) groups excluding carboxylic acids is 3. The van der Waals surface area contributed by atoms with Crippen LogP contribution in [-0.2, 0) is 20.7 Å². The van der Waals surface area contributed by atoms with Crippen LogP contribution in [0.3, 0.4) is 0 Å². The fourth-order valence-electron chi connectivity index (χ4n) is 4.05. The van der Waals surface area contributed by atoms with Crippen LogP contribution in [0.4, 0.5) is 5.69 Å². The number of esters is 1. The van der Waals surface area contributed by atoms with Gasteiger partial charge >= 0.3 is 5.97 Å². The van der Waals surface area contributed by atoms with Crippen molar-refractivity contribution < 1.29 is 24.2 Å². The van der Waals surface area contributed by atoms with Gasteiger partial charge in [-0.2, -0.15) is 0 Å². The molecule has 1 aliphatic heterocycles. The van der Waals surface area contributed by atoms with Crippen LogP contribution in [0.25, 0.3) is 5.76 Å². The maximum Gasteiger partial charge on any atom is 0.337 e. The third-order valence-electron chi connectivity index (χ3n) is 5.89. The summed E-state index contributed by atoms with van der Waals surface area (Å²) in [5, 5.41) is 11.7. The van der Waals surface area contributed by atoms with Crippen LogP contribution in [0.1, 0.15) is 40.0 Å². The van der Waals surface area contributed by atoms with Crippen molar-refractivity contribution in [3.8, 4) is 0 Å². The quantitative estimate of drug-likeness (QED) is 0.198. The van der Waals surface area contributed by atoms with E-state index < -0.39 is 23.7 Å². The van der Waals surface area contributed by atoms with Crippen molar-refractivity contribution in [1.29, 1.82) is 0 Å². The molecule has 1 N–H and O–H groups in total. The van der Waals surface area contributed by atoms with E-state index in [4.69, 9.17) is 27.9 Å². The van der Waals surface area contributed by atoms with Gasteiger partial charge in [0.15, 0.2) is 0 Å². The van der Waals surface area contributed by atoms with Crippen LogP contribution in [0.15, 0.2) is 72.3 Å². The highest BCUT2D eigenvalue weighted by Gasteiger charge is 2.47. The molecule has 1 aliphatic rings. The minimum Gasteiger partial charge on any atom is -0.507 e. The topological polar surface area (TPSA) is 83.9 Å². The van der Waals surface area contributed by atoms with E-state index in [9.17, 15) is 19.5 Å². The average molecular weight is 510 g/mol. The lowest BCUT2D eigenvalue weighted by Crippen LogP contribution is -2.29. The Labute approximate surface area is 212 Å². The maximum absolute atomic E-state index is 13.3. The van der Waals surface area contributed by atoms with Gasteiger partial charge in [0, 0.05) is 11.3 Å². The summed E-state index contributed by atoms with van der Waals surface area (Å²) in [6.45, 7) is 2.02. The maximum atomic E-state index is 13.3. The van der Waals surface area contributed by atoms with E-state index in [1.54, 1.807) is 18.2 Å². The standard InChI is InChI=1S/C27H21Cl2NO5/c1-3-15-7-9-16(10-8-15)23-22(24(31)17-11-12-20(28)21(29)14-17)25(32)26(33)30(23)19-6-4-5-18(13-19)27(34)35-2/h4-14,23,31H,3H2,1-2H3/b24-22+. The first kappa shape index (κ1) is 24.5. The summed E-state index contributed by atoms with van der Waals surface area (Å²) < 4.78 is 4.79. The molecule has 0 aliphatic carbocycles. The number of rotatable bonds is 5. The molecule has 0 saturated carbocycles. The van der Waals surface area contributed by atoms with Crippen LogP contribution in [0, 0.1) is 0 Å². The summed E-state index contributed by atoms with van der Waals surface area (Å²) >= 11 is 12.1. The fraction of sp³-hybridized carbons (Fsp3) is 0.148. The number of aliphatic hydroxyl groups is 1. The van der Waals surface area contributed by atoms with Crippen LogP contribution in [0.5, 0.6) is 0 Å². The largest absolute Gasteiger partial charge is 0.507 e. The van der Waals surface area contributed by atoms with Crippen molar-refractivity contribution in [3.05, 3.63) is 105 Å². The smallest absolute Gasteiger partial charge is 0.337 e. The van der Waals surface area contributed by atoms with Gasteiger partial charge in [-0.1, -0.05) is 60.5 Å².